The number of hydrogen-bond donors (Lipinski definition) is 4. The second-order valence-corrected chi connectivity index (χ2v) is 3.80. The first kappa shape index (κ1) is 13.7. The highest BCUT2D eigenvalue weighted by atomic mass is 16.3. The molecule has 1 fully saturated rings. The van der Waals surface area contributed by atoms with Crippen molar-refractivity contribution in [1.82, 2.24) is 10.3 Å². The summed E-state index contributed by atoms with van der Waals surface area (Å²) in [7, 11) is 0. The zero-order chi connectivity index (χ0) is 12.8. The molecule has 2 unspecified atom stereocenters. The van der Waals surface area contributed by atoms with E-state index in [9.17, 15) is 9.90 Å². The fraction of sp³-hybridized carbons (Fsp3) is 0.583. The van der Waals surface area contributed by atoms with Crippen LogP contribution in [0.15, 0.2) is 16.9 Å². The van der Waals surface area contributed by atoms with Crippen molar-refractivity contribution in [3.05, 3.63) is 28.0 Å². The second kappa shape index (κ2) is 6.42. The largest absolute Gasteiger partial charge is 0.494 e. The summed E-state index contributed by atoms with van der Waals surface area (Å²) in [5, 5.41) is 21.7. The van der Waals surface area contributed by atoms with Crippen LogP contribution in [-0.2, 0) is 0 Å². The van der Waals surface area contributed by atoms with Gasteiger partial charge < -0.3 is 15.5 Å². The third-order valence-electron chi connectivity index (χ3n) is 2.77. The van der Waals surface area contributed by atoms with E-state index in [-0.39, 0.29) is 30.1 Å². The van der Waals surface area contributed by atoms with Gasteiger partial charge in [-0.15, -0.1) is 0 Å². The molecule has 0 aromatic carbocycles. The molecule has 17 heavy (non-hydrogen) atoms. The topological polar surface area (TPSA) is 85.3 Å². The van der Waals surface area contributed by atoms with E-state index < -0.39 is 0 Å². The zero-order valence-electron chi connectivity index (χ0n) is 10.2. The molecule has 0 radical (unpaired) electrons. The number of hydrogen-bond acceptors (Lipinski definition) is 4. The molecule has 5 heteroatoms. The van der Waals surface area contributed by atoms with Crippen LogP contribution in [0.4, 0.5) is 0 Å². The van der Waals surface area contributed by atoms with Gasteiger partial charge in [0.15, 0.2) is 5.88 Å². The molecule has 5 nitrogen and oxygen atoms in total. The lowest BCUT2D eigenvalue weighted by atomic mass is 10.1. The summed E-state index contributed by atoms with van der Waals surface area (Å²) >= 11 is 0. The molecule has 2 rings (SSSR count). The number of H-pyrrole nitrogens is 1. The van der Waals surface area contributed by atoms with E-state index in [0.717, 1.165) is 12.8 Å². The number of aromatic hydroxyl groups is 1. The molecule has 2 atom stereocenters. The second-order valence-electron chi connectivity index (χ2n) is 3.80. The summed E-state index contributed by atoms with van der Waals surface area (Å²) in [5.41, 5.74) is 0.374. The Morgan fingerprint density at radius 1 is 1.35 bits per heavy atom. The van der Waals surface area contributed by atoms with E-state index in [0.29, 0.717) is 5.56 Å². The van der Waals surface area contributed by atoms with Crippen molar-refractivity contribution in [3.8, 4) is 5.88 Å². The Kier molecular flexibility index (Phi) is 5.18. The SMILES string of the molecule is CC.O=c1ccc(C2CCC(CO)N2)c(O)[nH]1. The van der Waals surface area contributed by atoms with Crippen molar-refractivity contribution in [2.75, 3.05) is 6.61 Å². The highest BCUT2D eigenvalue weighted by molar-refractivity contribution is 5.28. The fourth-order valence-electron chi connectivity index (χ4n) is 1.96. The first-order valence-electron chi connectivity index (χ1n) is 6.00. The van der Waals surface area contributed by atoms with Gasteiger partial charge in [-0.1, -0.05) is 13.8 Å². The smallest absolute Gasteiger partial charge is 0.250 e. The lowest BCUT2D eigenvalue weighted by Gasteiger charge is -2.13. The Morgan fingerprint density at radius 3 is 2.59 bits per heavy atom. The minimum absolute atomic E-state index is 0.0130. The van der Waals surface area contributed by atoms with E-state index in [2.05, 4.69) is 10.3 Å². The van der Waals surface area contributed by atoms with E-state index >= 15 is 0 Å². The Balaban J connectivity index is 0.000000686. The van der Waals surface area contributed by atoms with Crippen LogP contribution in [0.2, 0.25) is 0 Å². The van der Waals surface area contributed by atoms with Gasteiger partial charge in [0.05, 0.1) is 6.61 Å². The van der Waals surface area contributed by atoms with E-state index in [1.165, 1.54) is 6.07 Å². The molecule has 0 bridgehead atoms. The molecule has 1 aromatic heterocycles. The van der Waals surface area contributed by atoms with Crippen molar-refractivity contribution >= 4 is 0 Å². The molecule has 2 heterocycles. The third kappa shape index (κ3) is 3.31. The average Bonchev–Trinajstić information content (AvgIpc) is 2.80. The average molecular weight is 240 g/mol. The van der Waals surface area contributed by atoms with Crippen LogP contribution in [0.1, 0.15) is 38.3 Å². The third-order valence-corrected chi connectivity index (χ3v) is 2.77. The molecule has 0 spiro atoms. The van der Waals surface area contributed by atoms with Gasteiger partial charge in [-0.05, 0) is 18.9 Å². The monoisotopic (exact) mass is 240 g/mol. The first-order valence-corrected chi connectivity index (χ1v) is 6.00. The lowest BCUT2D eigenvalue weighted by molar-refractivity contribution is 0.251. The van der Waals surface area contributed by atoms with Crippen LogP contribution in [0, 0.1) is 0 Å². The molecule has 1 aromatic rings. The minimum atomic E-state index is -0.312. The first-order chi connectivity index (χ1) is 8.20. The molecule has 4 N–H and O–H groups in total. The van der Waals surface area contributed by atoms with Crippen LogP contribution in [0.5, 0.6) is 5.88 Å². The van der Waals surface area contributed by atoms with E-state index in [1.807, 2.05) is 13.8 Å². The van der Waals surface area contributed by atoms with E-state index in [1.54, 1.807) is 6.07 Å². The summed E-state index contributed by atoms with van der Waals surface area (Å²) in [4.78, 5) is 13.2. The molecule has 1 saturated heterocycles. The van der Waals surface area contributed by atoms with Crippen molar-refractivity contribution in [3.63, 3.8) is 0 Å². The Hall–Kier alpha value is -1.33. The van der Waals surface area contributed by atoms with Crippen LogP contribution >= 0.6 is 0 Å². The lowest BCUT2D eigenvalue weighted by Crippen LogP contribution is -2.27. The number of aliphatic hydroxyl groups excluding tert-OH is 1. The van der Waals surface area contributed by atoms with Crippen LogP contribution in [-0.4, -0.2) is 27.8 Å². The number of nitrogens with one attached hydrogen (secondary N) is 2. The van der Waals surface area contributed by atoms with Gasteiger partial charge in [-0.25, -0.2) is 0 Å². The van der Waals surface area contributed by atoms with Crippen LogP contribution in [0.3, 0.4) is 0 Å². The number of aromatic amines is 1. The number of aliphatic hydroxyl groups is 1. The molecule has 1 aliphatic rings. The van der Waals surface area contributed by atoms with E-state index in [4.69, 9.17) is 5.11 Å². The van der Waals surface area contributed by atoms with Gasteiger partial charge in [-0.3, -0.25) is 9.78 Å². The van der Waals surface area contributed by atoms with Crippen molar-refractivity contribution in [2.45, 2.75) is 38.8 Å². The van der Waals surface area contributed by atoms with Crippen molar-refractivity contribution < 1.29 is 10.2 Å². The van der Waals surface area contributed by atoms with Crippen LogP contribution < -0.4 is 10.9 Å². The Labute approximate surface area is 101 Å². The maximum Gasteiger partial charge on any atom is 0.250 e. The van der Waals surface area contributed by atoms with Gasteiger partial charge in [0.2, 0.25) is 0 Å². The standard InChI is InChI=1S/C10H14N2O3.C2H6/c13-5-6-1-3-8(11-6)7-2-4-9(14)12-10(7)15;1-2/h2,4,6,8,11,13H,1,3,5H2,(H2,12,14,15);1-2H3. The highest BCUT2D eigenvalue weighted by Crippen LogP contribution is 2.29. The summed E-state index contributed by atoms with van der Waals surface area (Å²) in [5.74, 6) is -0.0846. The normalized spacial score (nSPS) is 23.0. The zero-order valence-corrected chi connectivity index (χ0v) is 10.2. The number of pyridine rings is 1. The maximum atomic E-state index is 10.9. The molecule has 96 valence electrons. The molecular weight excluding hydrogens is 220 g/mol. The van der Waals surface area contributed by atoms with Gasteiger partial charge in [0.25, 0.3) is 5.56 Å². The number of rotatable bonds is 2. The van der Waals surface area contributed by atoms with Crippen LogP contribution in [0.25, 0.3) is 0 Å². The minimum Gasteiger partial charge on any atom is -0.494 e. The summed E-state index contributed by atoms with van der Waals surface area (Å²) in [6.07, 6.45) is 1.73. The maximum absolute atomic E-state index is 10.9. The van der Waals surface area contributed by atoms with Gasteiger partial charge >= 0.3 is 0 Å². The fourth-order valence-corrected chi connectivity index (χ4v) is 1.96. The predicted molar refractivity (Wildman–Crippen MR) is 66.1 cm³/mol. The molecule has 0 saturated carbocycles. The van der Waals surface area contributed by atoms with Gasteiger partial charge in [0.1, 0.15) is 0 Å². The quantitative estimate of drug-likeness (QED) is 0.618. The summed E-state index contributed by atoms with van der Waals surface area (Å²) in [6, 6.07) is 3.11. The van der Waals surface area contributed by atoms with Gasteiger partial charge in [-0.2, -0.15) is 0 Å². The predicted octanol–water partition coefficient (Wildman–Crippen LogP) is 0.892. The van der Waals surface area contributed by atoms with Crippen molar-refractivity contribution in [2.24, 2.45) is 0 Å². The molecular formula is C12H20N2O3. The van der Waals surface area contributed by atoms with Gasteiger partial charge in [0, 0.05) is 23.7 Å². The molecule has 0 aliphatic carbocycles. The Bertz CT molecular complexity index is 403. The summed E-state index contributed by atoms with van der Waals surface area (Å²) < 4.78 is 0. The summed E-state index contributed by atoms with van der Waals surface area (Å²) in [6.45, 7) is 4.10. The number of aromatic nitrogens is 1. The Morgan fingerprint density at radius 2 is 2.06 bits per heavy atom. The highest BCUT2D eigenvalue weighted by Gasteiger charge is 2.26. The van der Waals surface area contributed by atoms with Crippen molar-refractivity contribution in [1.29, 1.82) is 0 Å². The molecule has 1 aliphatic heterocycles. The molecule has 0 amide bonds.